The number of pyridine rings is 1. The Bertz CT molecular complexity index is 564. The third kappa shape index (κ3) is 2.65. The summed E-state index contributed by atoms with van der Waals surface area (Å²) in [4.78, 5) is 4.42. The van der Waals surface area contributed by atoms with E-state index in [0.717, 1.165) is 37.1 Å². The highest BCUT2D eigenvalue weighted by Crippen LogP contribution is 2.19. The molecule has 2 aromatic rings. The van der Waals surface area contributed by atoms with Crippen molar-refractivity contribution in [2.24, 2.45) is 0 Å². The fourth-order valence-corrected chi connectivity index (χ4v) is 2.85. The maximum Gasteiger partial charge on any atom is 0.137 e. The molecule has 1 aliphatic carbocycles. The average Bonchev–Trinajstić information content (AvgIpc) is 2.80. The van der Waals surface area contributed by atoms with Crippen molar-refractivity contribution in [2.75, 3.05) is 0 Å². The third-order valence-corrected chi connectivity index (χ3v) is 4.02. The maximum absolute atomic E-state index is 9.96. The number of imidazole rings is 1. The van der Waals surface area contributed by atoms with E-state index in [-0.39, 0.29) is 12.1 Å². The number of aliphatic hydroxyl groups is 1. The number of aromatic nitrogens is 2. The summed E-state index contributed by atoms with van der Waals surface area (Å²) in [7, 11) is 0. The molecule has 1 fully saturated rings. The summed E-state index contributed by atoms with van der Waals surface area (Å²) in [5, 5.41) is 13.4. The first-order chi connectivity index (χ1) is 9.24. The van der Waals surface area contributed by atoms with Gasteiger partial charge in [0.1, 0.15) is 5.65 Å². The quantitative estimate of drug-likeness (QED) is 0.887. The molecule has 3 rings (SSSR count). The Morgan fingerprint density at radius 2 is 2.26 bits per heavy atom. The number of hydrogen-bond donors (Lipinski definition) is 2. The van der Waals surface area contributed by atoms with E-state index in [1.54, 1.807) is 0 Å². The van der Waals surface area contributed by atoms with E-state index in [0.29, 0.717) is 0 Å². The highest BCUT2D eigenvalue weighted by atomic mass is 16.3. The van der Waals surface area contributed by atoms with Gasteiger partial charge in [-0.1, -0.05) is 12.8 Å². The summed E-state index contributed by atoms with van der Waals surface area (Å²) >= 11 is 0. The number of aryl methyl sites for hydroxylation is 1. The van der Waals surface area contributed by atoms with Crippen LogP contribution in [0.5, 0.6) is 0 Å². The van der Waals surface area contributed by atoms with Crippen molar-refractivity contribution in [1.29, 1.82) is 0 Å². The number of nitrogens with one attached hydrogen (secondary N) is 1. The molecule has 0 spiro atoms. The molecule has 19 heavy (non-hydrogen) atoms. The van der Waals surface area contributed by atoms with Gasteiger partial charge in [0.25, 0.3) is 0 Å². The van der Waals surface area contributed by atoms with Gasteiger partial charge >= 0.3 is 0 Å². The molecule has 2 heterocycles. The van der Waals surface area contributed by atoms with Crippen LogP contribution >= 0.6 is 0 Å². The van der Waals surface area contributed by atoms with Crippen molar-refractivity contribution in [3.05, 3.63) is 35.8 Å². The zero-order valence-electron chi connectivity index (χ0n) is 11.3. The lowest BCUT2D eigenvalue weighted by atomic mass is 9.92. The monoisotopic (exact) mass is 259 g/mol. The Labute approximate surface area is 113 Å². The Balaban J connectivity index is 1.71. The number of fused-ring (bicyclic) bond motifs is 1. The summed E-state index contributed by atoms with van der Waals surface area (Å²) in [6, 6.07) is 4.40. The summed E-state index contributed by atoms with van der Waals surface area (Å²) in [6.07, 6.45) is 8.12. The molecule has 2 N–H and O–H groups in total. The maximum atomic E-state index is 9.96. The normalized spacial score (nSPS) is 23.9. The molecule has 102 valence electrons. The predicted octanol–water partition coefficient (Wildman–Crippen LogP) is 2.04. The van der Waals surface area contributed by atoms with Gasteiger partial charge in [0, 0.05) is 18.8 Å². The molecule has 2 unspecified atom stereocenters. The lowest BCUT2D eigenvalue weighted by Crippen LogP contribution is -2.41. The van der Waals surface area contributed by atoms with Crippen molar-refractivity contribution in [1.82, 2.24) is 14.7 Å². The lowest BCUT2D eigenvalue weighted by molar-refractivity contribution is 0.0900. The largest absolute Gasteiger partial charge is 0.392 e. The molecule has 2 atom stereocenters. The second-order valence-corrected chi connectivity index (χ2v) is 5.52. The first-order valence-corrected chi connectivity index (χ1v) is 7.08. The van der Waals surface area contributed by atoms with Crippen molar-refractivity contribution in [3.8, 4) is 0 Å². The molecular formula is C15H21N3O. The van der Waals surface area contributed by atoms with Gasteiger partial charge in [-0.3, -0.25) is 0 Å². The van der Waals surface area contributed by atoms with Gasteiger partial charge in [-0.2, -0.15) is 0 Å². The van der Waals surface area contributed by atoms with Crippen molar-refractivity contribution >= 4 is 5.65 Å². The molecule has 0 aliphatic heterocycles. The number of rotatable bonds is 3. The Hall–Kier alpha value is -1.39. The van der Waals surface area contributed by atoms with E-state index < -0.39 is 0 Å². The topological polar surface area (TPSA) is 49.6 Å². The third-order valence-electron chi connectivity index (χ3n) is 4.02. The Kier molecular flexibility index (Phi) is 3.53. The minimum absolute atomic E-state index is 0.199. The molecule has 0 aromatic carbocycles. The smallest absolute Gasteiger partial charge is 0.137 e. The first-order valence-electron chi connectivity index (χ1n) is 7.08. The van der Waals surface area contributed by atoms with Crippen LogP contribution in [0.4, 0.5) is 0 Å². The highest BCUT2D eigenvalue weighted by molar-refractivity contribution is 5.42. The zero-order valence-corrected chi connectivity index (χ0v) is 11.3. The molecule has 4 nitrogen and oxygen atoms in total. The summed E-state index contributed by atoms with van der Waals surface area (Å²) < 4.78 is 2.11. The van der Waals surface area contributed by atoms with Gasteiger partial charge in [-0.05, 0) is 37.5 Å². The molecular weight excluding hydrogens is 238 g/mol. The molecule has 1 aliphatic rings. The average molecular weight is 259 g/mol. The SMILES string of the molecule is Cc1ccn2c(CNC3CCCCC3O)cnc2c1. The number of nitrogens with zero attached hydrogens (tertiary/aromatic N) is 2. The van der Waals surface area contributed by atoms with E-state index in [9.17, 15) is 5.11 Å². The molecule has 0 amide bonds. The fourth-order valence-electron chi connectivity index (χ4n) is 2.85. The van der Waals surface area contributed by atoms with Crippen LogP contribution < -0.4 is 5.32 Å². The number of hydrogen-bond acceptors (Lipinski definition) is 3. The number of aliphatic hydroxyl groups excluding tert-OH is 1. The van der Waals surface area contributed by atoms with Gasteiger partial charge in [-0.15, -0.1) is 0 Å². The second-order valence-electron chi connectivity index (χ2n) is 5.52. The van der Waals surface area contributed by atoms with E-state index in [1.165, 1.54) is 12.0 Å². The van der Waals surface area contributed by atoms with E-state index in [2.05, 4.69) is 40.0 Å². The Morgan fingerprint density at radius 3 is 3.11 bits per heavy atom. The molecule has 0 radical (unpaired) electrons. The van der Waals surface area contributed by atoms with Gasteiger partial charge < -0.3 is 14.8 Å². The van der Waals surface area contributed by atoms with Crippen LogP contribution in [-0.4, -0.2) is 26.6 Å². The van der Waals surface area contributed by atoms with Crippen LogP contribution in [0.3, 0.4) is 0 Å². The lowest BCUT2D eigenvalue weighted by Gasteiger charge is -2.28. The summed E-state index contributed by atoms with van der Waals surface area (Å²) in [6.45, 7) is 2.83. The van der Waals surface area contributed by atoms with Crippen molar-refractivity contribution in [2.45, 2.75) is 51.3 Å². The molecule has 4 heteroatoms. The highest BCUT2D eigenvalue weighted by Gasteiger charge is 2.22. The summed E-state index contributed by atoms with van der Waals surface area (Å²) in [5.74, 6) is 0. The zero-order chi connectivity index (χ0) is 13.2. The standard InChI is InChI=1S/C15H21N3O/c1-11-6-7-18-12(10-17-15(18)8-11)9-16-13-4-2-3-5-14(13)19/h6-8,10,13-14,16,19H,2-5,9H2,1H3. The van der Waals surface area contributed by atoms with E-state index >= 15 is 0 Å². The molecule has 2 aromatic heterocycles. The minimum atomic E-state index is -0.199. The Morgan fingerprint density at radius 1 is 1.42 bits per heavy atom. The fraction of sp³-hybridized carbons (Fsp3) is 0.533. The summed E-state index contributed by atoms with van der Waals surface area (Å²) in [5.41, 5.74) is 3.36. The molecule has 1 saturated carbocycles. The van der Waals surface area contributed by atoms with Gasteiger partial charge in [0.2, 0.25) is 0 Å². The van der Waals surface area contributed by atoms with Crippen LogP contribution in [0.25, 0.3) is 5.65 Å². The van der Waals surface area contributed by atoms with Gasteiger partial charge in [-0.25, -0.2) is 4.98 Å². The minimum Gasteiger partial charge on any atom is -0.392 e. The van der Waals surface area contributed by atoms with Crippen LogP contribution in [0, 0.1) is 6.92 Å². The van der Waals surface area contributed by atoms with Crippen molar-refractivity contribution in [3.63, 3.8) is 0 Å². The van der Waals surface area contributed by atoms with Gasteiger partial charge in [0.05, 0.1) is 18.0 Å². The van der Waals surface area contributed by atoms with E-state index in [4.69, 9.17) is 0 Å². The molecule has 0 bridgehead atoms. The first kappa shape index (κ1) is 12.6. The second kappa shape index (κ2) is 5.31. The predicted molar refractivity (Wildman–Crippen MR) is 75.0 cm³/mol. The van der Waals surface area contributed by atoms with Crippen LogP contribution in [0.15, 0.2) is 24.5 Å². The van der Waals surface area contributed by atoms with Crippen LogP contribution in [-0.2, 0) is 6.54 Å². The van der Waals surface area contributed by atoms with Gasteiger partial charge in [0.15, 0.2) is 0 Å². The van der Waals surface area contributed by atoms with E-state index in [1.807, 2.05) is 6.20 Å². The molecule has 0 saturated heterocycles. The van der Waals surface area contributed by atoms with Crippen LogP contribution in [0.2, 0.25) is 0 Å². The van der Waals surface area contributed by atoms with Crippen LogP contribution in [0.1, 0.15) is 36.9 Å². The van der Waals surface area contributed by atoms with Crippen molar-refractivity contribution < 1.29 is 5.11 Å².